The number of aryl methyl sites for hydroxylation is 1. The molecular formula is C7H8Cl2N2. The molecule has 0 aliphatic carbocycles. The topological polar surface area (TPSA) is 25.8 Å². The standard InChI is InChI=1S/C7H8Cl2N2/c1-3-5-4(2)10-7(9)11-6(5)8/h3H2,1-2H3. The van der Waals surface area contributed by atoms with Crippen LogP contribution < -0.4 is 0 Å². The summed E-state index contributed by atoms with van der Waals surface area (Å²) in [6.45, 7) is 3.88. The molecule has 0 aromatic carbocycles. The van der Waals surface area contributed by atoms with Gasteiger partial charge in [-0.2, -0.15) is 0 Å². The summed E-state index contributed by atoms with van der Waals surface area (Å²) in [7, 11) is 0. The van der Waals surface area contributed by atoms with Gasteiger partial charge in [0.2, 0.25) is 5.28 Å². The van der Waals surface area contributed by atoms with Crippen LogP contribution in [0.25, 0.3) is 0 Å². The first kappa shape index (κ1) is 8.75. The molecule has 0 saturated heterocycles. The van der Waals surface area contributed by atoms with Crippen LogP contribution in [0, 0.1) is 6.92 Å². The lowest BCUT2D eigenvalue weighted by atomic mass is 10.2. The Morgan fingerprint density at radius 2 is 1.91 bits per heavy atom. The smallest absolute Gasteiger partial charge is 0.223 e. The van der Waals surface area contributed by atoms with Crippen molar-refractivity contribution in [3.8, 4) is 0 Å². The molecule has 2 nitrogen and oxygen atoms in total. The van der Waals surface area contributed by atoms with E-state index in [1.54, 1.807) is 0 Å². The average Bonchev–Trinajstić information content (AvgIpc) is 1.85. The molecule has 0 N–H and O–H groups in total. The largest absolute Gasteiger partial charge is 0.224 e. The minimum Gasteiger partial charge on any atom is -0.223 e. The zero-order valence-corrected chi connectivity index (χ0v) is 7.87. The number of aromatic nitrogens is 2. The van der Waals surface area contributed by atoms with E-state index in [-0.39, 0.29) is 5.28 Å². The molecule has 60 valence electrons. The Morgan fingerprint density at radius 1 is 1.27 bits per heavy atom. The minimum atomic E-state index is 0.213. The third kappa shape index (κ3) is 1.82. The second kappa shape index (κ2) is 3.37. The highest BCUT2D eigenvalue weighted by molar-refractivity contribution is 6.32. The second-order valence-corrected chi connectivity index (χ2v) is 2.90. The molecule has 0 saturated carbocycles. The van der Waals surface area contributed by atoms with Gasteiger partial charge in [0.05, 0.1) is 0 Å². The molecular weight excluding hydrogens is 183 g/mol. The van der Waals surface area contributed by atoms with Crippen molar-refractivity contribution >= 4 is 23.2 Å². The van der Waals surface area contributed by atoms with E-state index in [4.69, 9.17) is 23.2 Å². The van der Waals surface area contributed by atoms with Gasteiger partial charge in [0.25, 0.3) is 0 Å². The fraction of sp³-hybridized carbons (Fsp3) is 0.429. The molecule has 0 radical (unpaired) electrons. The van der Waals surface area contributed by atoms with Crippen LogP contribution in [0.3, 0.4) is 0 Å². The van der Waals surface area contributed by atoms with E-state index in [1.165, 1.54) is 0 Å². The van der Waals surface area contributed by atoms with Gasteiger partial charge in [0.1, 0.15) is 5.15 Å². The lowest BCUT2D eigenvalue weighted by Crippen LogP contribution is -1.95. The second-order valence-electron chi connectivity index (χ2n) is 2.20. The summed E-state index contributed by atoms with van der Waals surface area (Å²) in [6.07, 6.45) is 0.835. The number of hydrogen-bond donors (Lipinski definition) is 0. The molecule has 0 aliphatic heterocycles. The first-order chi connectivity index (χ1) is 5.15. The summed E-state index contributed by atoms with van der Waals surface area (Å²) in [4.78, 5) is 7.80. The quantitative estimate of drug-likeness (QED) is 0.503. The molecule has 1 aromatic rings. The Labute approximate surface area is 75.6 Å². The molecule has 0 amide bonds. The number of halogens is 2. The van der Waals surface area contributed by atoms with E-state index in [2.05, 4.69) is 9.97 Å². The van der Waals surface area contributed by atoms with Gasteiger partial charge in [0.15, 0.2) is 0 Å². The Kier molecular flexibility index (Phi) is 2.68. The van der Waals surface area contributed by atoms with Crippen LogP contribution in [0.15, 0.2) is 0 Å². The van der Waals surface area contributed by atoms with Crippen LogP contribution in [0.1, 0.15) is 18.2 Å². The van der Waals surface area contributed by atoms with Gasteiger partial charge in [-0.25, -0.2) is 9.97 Å². The van der Waals surface area contributed by atoms with Crippen LogP contribution in [0.2, 0.25) is 10.4 Å². The molecule has 1 rings (SSSR count). The third-order valence-electron chi connectivity index (χ3n) is 1.49. The SMILES string of the molecule is CCc1c(C)nc(Cl)nc1Cl. The van der Waals surface area contributed by atoms with Crippen molar-refractivity contribution in [2.75, 3.05) is 0 Å². The average molecular weight is 191 g/mol. The van der Waals surface area contributed by atoms with Crippen molar-refractivity contribution in [1.82, 2.24) is 9.97 Å². The predicted molar refractivity (Wildman–Crippen MR) is 46.2 cm³/mol. The Hall–Kier alpha value is -0.340. The summed E-state index contributed by atoms with van der Waals surface area (Å²) in [5, 5.41) is 0.676. The van der Waals surface area contributed by atoms with Crippen LogP contribution >= 0.6 is 23.2 Å². The van der Waals surface area contributed by atoms with E-state index >= 15 is 0 Å². The summed E-state index contributed by atoms with van der Waals surface area (Å²) >= 11 is 11.4. The van der Waals surface area contributed by atoms with Crippen molar-refractivity contribution < 1.29 is 0 Å². The minimum absolute atomic E-state index is 0.213. The summed E-state index contributed by atoms with van der Waals surface area (Å²) in [5.74, 6) is 0. The third-order valence-corrected chi connectivity index (χ3v) is 1.97. The van der Waals surface area contributed by atoms with Crippen LogP contribution in [0.4, 0.5) is 0 Å². The molecule has 0 bridgehead atoms. The summed E-state index contributed by atoms with van der Waals surface area (Å²) < 4.78 is 0. The van der Waals surface area contributed by atoms with E-state index in [1.807, 2.05) is 13.8 Å². The van der Waals surface area contributed by atoms with Crippen molar-refractivity contribution in [3.05, 3.63) is 21.7 Å². The first-order valence-corrected chi connectivity index (χ1v) is 4.09. The van der Waals surface area contributed by atoms with Crippen LogP contribution in [-0.2, 0) is 6.42 Å². The van der Waals surface area contributed by atoms with Crippen molar-refractivity contribution in [2.45, 2.75) is 20.3 Å². The Balaban J connectivity index is 3.25. The van der Waals surface area contributed by atoms with Gasteiger partial charge in [-0.1, -0.05) is 18.5 Å². The zero-order valence-electron chi connectivity index (χ0n) is 6.36. The fourth-order valence-electron chi connectivity index (χ4n) is 0.930. The Bertz CT molecular complexity index is 250. The molecule has 11 heavy (non-hydrogen) atoms. The molecule has 1 aromatic heterocycles. The van der Waals surface area contributed by atoms with Gasteiger partial charge >= 0.3 is 0 Å². The molecule has 0 atom stereocenters. The molecule has 4 heteroatoms. The molecule has 0 fully saturated rings. The lowest BCUT2D eigenvalue weighted by Gasteiger charge is -2.02. The molecule has 1 heterocycles. The molecule has 0 aliphatic rings. The van der Waals surface area contributed by atoms with Crippen LogP contribution in [0.5, 0.6) is 0 Å². The van der Waals surface area contributed by atoms with Crippen molar-refractivity contribution in [3.63, 3.8) is 0 Å². The van der Waals surface area contributed by atoms with Crippen molar-refractivity contribution in [2.24, 2.45) is 0 Å². The maximum Gasteiger partial charge on any atom is 0.224 e. The number of nitrogens with zero attached hydrogens (tertiary/aromatic N) is 2. The van der Waals surface area contributed by atoms with Gasteiger partial charge in [-0.3, -0.25) is 0 Å². The highest BCUT2D eigenvalue weighted by Gasteiger charge is 2.05. The van der Waals surface area contributed by atoms with Gasteiger partial charge in [0, 0.05) is 11.3 Å². The maximum absolute atomic E-state index is 5.80. The molecule has 0 spiro atoms. The number of hydrogen-bond acceptors (Lipinski definition) is 2. The predicted octanol–water partition coefficient (Wildman–Crippen LogP) is 2.65. The van der Waals surface area contributed by atoms with E-state index in [9.17, 15) is 0 Å². The fourth-order valence-corrected chi connectivity index (χ4v) is 1.54. The maximum atomic E-state index is 5.80. The zero-order chi connectivity index (χ0) is 8.43. The van der Waals surface area contributed by atoms with Gasteiger partial charge in [-0.05, 0) is 24.9 Å². The van der Waals surface area contributed by atoms with E-state index in [0.717, 1.165) is 17.7 Å². The molecule has 0 unspecified atom stereocenters. The first-order valence-electron chi connectivity index (χ1n) is 3.33. The van der Waals surface area contributed by atoms with E-state index in [0.29, 0.717) is 5.15 Å². The normalized spacial score (nSPS) is 10.2. The van der Waals surface area contributed by atoms with Gasteiger partial charge < -0.3 is 0 Å². The van der Waals surface area contributed by atoms with Crippen molar-refractivity contribution in [1.29, 1.82) is 0 Å². The monoisotopic (exact) mass is 190 g/mol. The number of rotatable bonds is 1. The van der Waals surface area contributed by atoms with Gasteiger partial charge in [-0.15, -0.1) is 0 Å². The van der Waals surface area contributed by atoms with E-state index < -0.39 is 0 Å². The summed E-state index contributed by atoms with van der Waals surface area (Å²) in [6, 6.07) is 0. The van der Waals surface area contributed by atoms with Crippen LogP contribution in [-0.4, -0.2) is 9.97 Å². The lowest BCUT2D eigenvalue weighted by molar-refractivity contribution is 0.996. The Morgan fingerprint density at radius 3 is 2.36 bits per heavy atom. The highest BCUT2D eigenvalue weighted by Crippen LogP contribution is 2.18. The highest BCUT2D eigenvalue weighted by atomic mass is 35.5. The summed E-state index contributed by atoms with van der Waals surface area (Å²) in [5.41, 5.74) is 1.83.